The molecule has 2 rings (SSSR count). The van der Waals surface area contributed by atoms with Crippen molar-refractivity contribution in [2.24, 2.45) is 0 Å². The van der Waals surface area contributed by atoms with Gasteiger partial charge in [0.1, 0.15) is 0 Å². The van der Waals surface area contributed by atoms with Crippen molar-refractivity contribution in [3.8, 4) is 0 Å². The molecule has 0 saturated heterocycles. The quantitative estimate of drug-likeness (QED) is 0.821. The van der Waals surface area contributed by atoms with Crippen molar-refractivity contribution < 1.29 is 13.2 Å². The van der Waals surface area contributed by atoms with E-state index in [1.807, 2.05) is 0 Å². The third kappa shape index (κ3) is 4.12. The van der Waals surface area contributed by atoms with E-state index in [1.54, 1.807) is 4.90 Å². The normalized spacial score (nSPS) is 29.8. The predicted molar refractivity (Wildman–Crippen MR) is 65.5 cm³/mol. The molecule has 5 heteroatoms. The molecule has 0 heterocycles. The Kier molecular flexibility index (Phi) is 4.54. The first-order chi connectivity index (χ1) is 8.49. The SMILES string of the molecule is CCNC1CCCC(N(CC(F)(F)F)C2CC2)C1. The molecule has 2 saturated carbocycles. The van der Waals surface area contributed by atoms with Crippen LogP contribution in [0, 0.1) is 0 Å². The summed E-state index contributed by atoms with van der Waals surface area (Å²) in [5.74, 6) is 0. The number of halogens is 3. The van der Waals surface area contributed by atoms with E-state index < -0.39 is 12.7 Å². The second kappa shape index (κ2) is 5.78. The monoisotopic (exact) mass is 264 g/mol. The van der Waals surface area contributed by atoms with Gasteiger partial charge in [0.15, 0.2) is 0 Å². The Bertz CT molecular complexity index is 261. The first-order valence-corrected chi connectivity index (χ1v) is 7.05. The van der Waals surface area contributed by atoms with Crippen LogP contribution in [0.25, 0.3) is 0 Å². The summed E-state index contributed by atoms with van der Waals surface area (Å²) in [6, 6.07) is 0.720. The summed E-state index contributed by atoms with van der Waals surface area (Å²) in [5.41, 5.74) is 0. The Morgan fingerprint density at radius 2 is 1.83 bits per heavy atom. The smallest absolute Gasteiger partial charge is 0.314 e. The zero-order chi connectivity index (χ0) is 13.2. The molecule has 0 bridgehead atoms. The minimum atomic E-state index is -4.06. The lowest BCUT2D eigenvalue weighted by Crippen LogP contribution is -2.48. The van der Waals surface area contributed by atoms with Crippen LogP contribution >= 0.6 is 0 Å². The average molecular weight is 264 g/mol. The topological polar surface area (TPSA) is 15.3 Å². The molecule has 2 aliphatic carbocycles. The van der Waals surface area contributed by atoms with Gasteiger partial charge in [-0.3, -0.25) is 4.90 Å². The van der Waals surface area contributed by atoms with Gasteiger partial charge in [0, 0.05) is 18.1 Å². The van der Waals surface area contributed by atoms with Crippen LogP contribution in [0.5, 0.6) is 0 Å². The van der Waals surface area contributed by atoms with Crippen molar-refractivity contribution in [1.29, 1.82) is 0 Å². The predicted octanol–water partition coefficient (Wildman–Crippen LogP) is 2.93. The molecular formula is C13H23F3N2. The van der Waals surface area contributed by atoms with E-state index in [9.17, 15) is 13.2 Å². The molecule has 0 aromatic heterocycles. The van der Waals surface area contributed by atoms with Crippen molar-refractivity contribution in [2.45, 2.75) is 69.8 Å². The van der Waals surface area contributed by atoms with Crippen molar-refractivity contribution in [1.82, 2.24) is 10.2 Å². The fourth-order valence-corrected chi connectivity index (χ4v) is 3.11. The van der Waals surface area contributed by atoms with Crippen molar-refractivity contribution in [3.63, 3.8) is 0 Å². The number of rotatable bonds is 5. The van der Waals surface area contributed by atoms with E-state index in [4.69, 9.17) is 0 Å². The van der Waals surface area contributed by atoms with E-state index in [-0.39, 0.29) is 12.1 Å². The minimum Gasteiger partial charge on any atom is -0.314 e. The fraction of sp³-hybridized carbons (Fsp3) is 1.00. The van der Waals surface area contributed by atoms with Crippen molar-refractivity contribution in [3.05, 3.63) is 0 Å². The van der Waals surface area contributed by atoms with E-state index in [2.05, 4.69) is 12.2 Å². The second-order valence-corrected chi connectivity index (χ2v) is 5.59. The van der Waals surface area contributed by atoms with Gasteiger partial charge in [0.05, 0.1) is 6.54 Å². The second-order valence-electron chi connectivity index (χ2n) is 5.59. The average Bonchev–Trinajstić information content (AvgIpc) is 3.09. The summed E-state index contributed by atoms with van der Waals surface area (Å²) in [7, 11) is 0. The van der Waals surface area contributed by atoms with Gasteiger partial charge in [-0.25, -0.2) is 0 Å². The molecule has 0 aliphatic heterocycles. The molecule has 18 heavy (non-hydrogen) atoms. The van der Waals surface area contributed by atoms with Gasteiger partial charge in [0.2, 0.25) is 0 Å². The number of alkyl halides is 3. The van der Waals surface area contributed by atoms with Crippen LogP contribution in [0.4, 0.5) is 13.2 Å². The maximum atomic E-state index is 12.6. The summed E-state index contributed by atoms with van der Waals surface area (Å²) < 4.78 is 37.9. The highest BCUT2D eigenvalue weighted by Gasteiger charge is 2.42. The molecular weight excluding hydrogens is 241 g/mol. The Labute approximate surface area is 107 Å². The maximum Gasteiger partial charge on any atom is 0.401 e. The van der Waals surface area contributed by atoms with E-state index >= 15 is 0 Å². The molecule has 2 nitrogen and oxygen atoms in total. The summed E-state index contributed by atoms with van der Waals surface area (Å²) in [4.78, 5) is 1.73. The number of nitrogens with one attached hydrogen (secondary N) is 1. The lowest BCUT2D eigenvalue weighted by Gasteiger charge is -2.38. The van der Waals surface area contributed by atoms with Crippen LogP contribution < -0.4 is 5.32 Å². The molecule has 2 unspecified atom stereocenters. The van der Waals surface area contributed by atoms with Gasteiger partial charge in [-0.15, -0.1) is 0 Å². The molecule has 0 aromatic carbocycles. The summed E-state index contributed by atoms with van der Waals surface area (Å²) in [6.07, 6.45) is 1.78. The maximum absolute atomic E-state index is 12.6. The third-order valence-corrected chi connectivity index (χ3v) is 3.99. The highest BCUT2D eigenvalue weighted by Crippen LogP contribution is 2.36. The van der Waals surface area contributed by atoms with E-state index in [1.165, 1.54) is 0 Å². The van der Waals surface area contributed by atoms with Gasteiger partial charge in [0.25, 0.3) is 0 Å². The molecule has 2 atom stereocenters. The third-order valence-electron chi connectivity index (χ3n) is 3.99. The standard InChI is InChI=1S/C13H23F3N2/c1-2-17-10-4-3-5-12(8-10)18(11-6-7-11)9-13(14,15)16/h10-12,17H,2-9H2,1H3. The van der Waals surface area contributed by atoms with Crippen LogP contribution in [-0.2, 0) is 0 Å². The summed E-state index contributed by atoms with van der Waals surface area (Å²) in [6.45, 7) is 2.24. The zero-order valence-electron chi connectivity index (χ0n) is 11.0. The molecule has 1 N–H and O–H groups in total. The lowest BCUT2D eigenvalue weighted by atomic mass is 9.89. The molecule has 0 amide bonds. The van der Waals surface area contributed by atoms with Crippen LogP contribution in [0.2, 0.25) is 0 Å². The highest BCUT2D eigenvalue weighted by atomic mass is 19.4. The van der Waals surface area contributed by atoms with Crippen LogP contribution in [0.15, 0.2) is 0 Å². The van der Waals surface area contributed by atoms with Crippen molar-refractivity contribution in [2.75, 3.05) is 13.1 Å². The van der Waals surface area contributed by atoms with Crippen LogP contribution in [0.3, 0.4) is 0 Å². The molecule has 106 valence electrons. The number of hydrogen-bond donors (Lipinski definition) is 1. The Balaban J connectivity index is 1.93. The fourth-order valence-electron chi connectivity index (χ4n) is 3.11. The largest absolute Gasteiger partial charge is 0.401 e. The first-order valence-electron chi connectivity index (χ1n) is 7.05. The molecule has 2 aliphatic rings. The van der Waals surface area contributed by atoms with Gasteiger partial charge < -0.3 is 5.32 Å². The van der Waals surface area contributed by atoms with Crippen LogP contribution in [-0.4, -0.2) is 42.3 Å². The van der Waals surface area contributed by atoms with Gasteiger partial charge in [-0.1, -0.05) is 13.3 Å². The number of nitrogens with zero attached hydrogens (tertiary/aromatic N) is 1. The highest BCUT2D eigenvalue weighted by molar-refractivity contribution is 4.93. The first kappa shape index (κ1) is 14.1. The van der Waals surface area contributed by atoms with Crippen molar-refractivity contribution >= 4 is 0 Å². The van der Waals surface area contributed by atoms with E-state index in [0.29, 0.717) is 6.04 Å². The van der Waals surface area contributed by atoms with Crippen LogP contribution in [0.1, 0.15) is 45.4 Å². The summed E-state index contributed by atoms with van der Waals surface area (Å²) >= 11 is 0. The minimum absolute atomic E-state index is 0.122. The lowest BCUT2D eigenvalue weighted by molar-refractivity contribution is -0.154. The van der Waals surface area contributed by atoms with Gasteiger partial charge >= 0.3 is 6.18 Å². The zero-order valence-corrected chi connectivity index (χ0v) is 11.0. The Morgan fingerprint density at radius 1 is 1.11 bits per heavy atom. The molecule has 0 spiro atoms. The molecule has 2 fully saturated rings. The van der Waals surface area contributed by atoms with Gasteiger partial charge in [-0.05, 0) is 38.6 Å². The van der Waals surface area contributed by atoms with E-state index in [0.717, 1.165) is 45.1 Å². The Morgan fingerprint density at radius 3 is 2.39 bits per heavy atom. The number of hydrogen-bond acceptors (Lipinski definition) is 2. The molecule has 0 radical (unpaired) electrons. The summed E-state index contributed by atoms with van der Waals surface area (Å²) in [5, 5.41) is 3.38. The van der Waals surface area contributed by atoms with Gasteiger partial charge in [-0.2, -0.15) is 13.2 Å². The Hall–Kier alpha value is -0.290. The molecule has 0 aromatic rings.